The second kappa shape index (κ2) is 7.86. The largest absolute Gasteiger partial charge is 0.465 e. The summed E-state index contributed by atoms with van der Waals surface area (Å²) in [5, 5.41) is 0. The van der Waals surface area contributed by atoms with Crippen molar-refractivity contribution in [1.29, 1.82) is 0 Å². The highest BCUT2D eigenvalue weighted by molar-refractivity contribution is 5.91. The third-order valence-corrected chi connectivity index (χ3v) is 4.37. The van der Waals surface area contributed by atoms with Crippen LogP contribution in [0.2, 0.25) is 0 Å². The maximum atomic E-state index is 12.7. The SMILES string of the molecule is COC(=O)c1ccc(OC(=O)c2cncn2C(C)c2ccccc2)c(C)c1. The van der Waals surface area contributed by atoms with E-state index in [9.17, 15) is 9.59 Å². The minimum absolute atomic E-state index is 0.0703. The third-order valence-electron chi connectivity index (χ3n) is 4.37. The van der Waals surface area contributed by atoms with Crippen molar-refractivity contribution in [2.75, 3.05) is 7.11 Å². The van der Waals surface area contributed by atoms with Gasteiger partial charge in [0.05, 0.1) is 31.2 Å². The molecule has 0 N–H and O–H groups in total. The van der Waals surface area contributed by atoms with Gasteiger partial charge in [-0.25, -0.2) is 14.6 Å². The Kier molecular flexibility index (Phi) is 5.35. The van der Waals surface area contributed by atoms with Crippen molar-refractivity contribution >= 4 is 11.9 Å². The molecule has 0 aliphatic carbocycles. The van der Waals surface area contributed by atoms with Gasteiger partial charge in [0.25, 0.3) is 0 Å². The molecular formula is C21H20N2O4. The van der Waals surface area contributed by atoms with E-state index < -0.39 is 11.9 Å². The zero-order valence-electron chi connectivity index (χ0n) is 15.4. The number of ether oxygens (including phenoxy) is 2. The summed E-state index contributed by atoms with van der Waals surface area (Å²) < 4.78 is 12.0. The molecule has 1 heterocycles. The molecule has 138 valence electrons. The number of rotatable bonds is 5. The molecule has 0 fully saturated rings. The van der Waals surface area contributed by atoms with Gasteiger partial charge in [0.15, 0.2) is 0 Å². The van der Waals surface area contributed by atoms with E-state index in [0.29, 0.717) is 22.6 Å². The molecule has 1 unspecified atom stereocenters. The highest BCUT2D eigenvalue weighted by atomic mass is 16.5. The first-order chi connectivity index (χ1) is 13.0. The van der Waals surface area contributed by atoms with Crippen LogP contribution in [0.4, 0.5) is 0 Å². The van der Waals surface area contributed by atoms with Gasteiger partial charge in [-0.2, -0.15) is 0 Å². The molecular weight excluding hydrogens is 344 g/mol. The molecule has 0 saturated carbocycles. The lowest BCUT2D eigenvalue weighted by Crippen LogP contribution is -2.18. The Bertz CT molecular complexity index is 963. The Balaban J connectivity index is 1.82. The highest BCUT2D eigenvalue weighted by Gasteiger charge is 2.20. The fourth-order valence-electron chi connectivity index (χ4n) is 2.82. The van der Waals surface area contributed by atoms with Crippen molar-refractivity contribution in [3.63, 3.8) is 0 Å². The molecule has 3 aromatic rings. The second-order valence-corrected chi connectivity index (χ2v) is 6.13. The van der Waals surface area contributed by atoms with E-state index in [2.05, 4.69) is 4.98 Å². The predicted octanol–water partition coefficient (Wildman–Crippen LogP) is 3.81. The predicted molar refractivity (Wildman–Crippen MR) is 100.0 cm³/mol. The zero-order chi connectivity index (χ0) is 19.4. The molecule has 0 bridgehead atoms. The number of aryl methyl sites for hydroxylation is 1. The van der Waals surface area contributed by atoms with E-state index in [1.165, 1.54) is 13.3 Å². The number of imidazole rings is 1. The topological polar surface area (TPSA) is 70.4 Å². The quantitative estimate of drug-likeness (QED) is 0.509. The first-order valence-electron chi connectivity index (χ1n) is 8.49. The van der Waals surface area contributed by atoms with Gasteiger partial charge in [0, 0.05) is 0 Å². The zero-order valence-corrected chi connectivity index (χ0v) is 15.4. The van der Waals surface area contributed by atoms with Gasteiger partial charge in [-0.3, -0.25) is 0 Å². The van der Waals surface area contributed by atoms with E-state index >= 15 is 0 Å². The molecule has 1 atom stereocenters. The van der Waals surface area contributed by atoms with Crippen LogP contribution in [0.1, 0.15) is 44.9 Å². The Labute approximate surface area is 157 Å². The third kappa shape index (κ3) is 3.89. The molecule has 0 saturated heterocycles. The van der Waals surface area contributed by atoms with Crippen LogP contribution in [0.15, 0.2) is 61.1 Å². The monoisotopic (exact) mass is 364 g/mol. The van der Waals surface area contributed by atoms with Crippen LogP contribution >= 0.6 is 0 Å². The Morgan fingerprint density at radius 3 is 2.48 bits per heavy atom. The van der Waals surface area contributed by atoms with E-state index in [0.717, 1.165) is 5.56 Å². The lowest BCUT2D eigenvalue weighted by Gasteiger charge is -2.16. The Morgan fingerprint density at radius 2 is 1.81 bits per heavy atom. The Morgan fingerprint density at radius 1 is 1.07 bits per heavy atom. The second-order valence-electron chi connectivity index (χ2n) is 6.13. The summed E-state index contributed by atoms with van der Waals surface area (Å²) in [5.74, 6) is -0.567. The number of aromatic nitrogens is 2. The van der Waals surface area contributed by atoms with Crippen LogP contribution in [0, 0.1) is 6.92 Å². The lowest BCUT2D eigenvalue weighted by molar-refractivity contribution is 0.0600. The first kappa shape index (κ1) is 18.4. The minimum atomic E-state index is -0.510. The first-order valence-corrected chi connectivity index (χ1v) is 8.49. The minimum Gasteiger partial charge on any atom is -0.465 e. The van der Waals surface area contributed by atoms with Crippen molar-refractivity contribution in [3.05, 3.63) is 83.4 Å². The number of hydrogen-bond donors (Lipinski definition) is 0. The molecule has 0 radical (unpaired) electrons. The molecule has 6 nitrogen and oxygen atoms in total. The highest BCUT2D eigenvalue weighted by Crippen LogP contribution is 2.23. The summed E-state index contributed by atoms with van der Waals surface area (Å²) in [6.07, 6.45) is 3.10. The maximum Gasteiger partial charge on any atom is 0.362 e. The number of benzene rings is 2. The van der Waals surface area contributed by atoms with E-state index in [-0.39, 0.29) is 6.04 Å². The van der Waals surface area contributed by atoms with Crippen LogP contribution in [0.3, 0.4) is 0 Å². The summed E-state index contributed by atoms with van der Waals surface area (Å²) in [7, 11) is 1.32. The van der Waals surface area contributed by atoms with Crippen LogP contribution in [-0.4, -0.2) is 28.6 Å². The van der Waals surface area contributed by atoms with E-state index in [1.807, 2.05) is 37.3 Å². The van der Waals surface area contributed by atoms with Gasteiger partial charge in [0.1, 0.15) is 11.4 Å². The fourth-order valence-corrected chi connectivity index (χ4v) is 2.82. The molecule has 3 rings (SSSR count). The maximum absolute atomic E-state index is 12.7. The van der Waals surface area contributed by atoms with E-state index in [1.54, 1.807) is 36.0 Å². The number of methoxy groups -OCH3 is 1. The summed E-state index contributed by atoms with van der Waals surface area (Å²) in [6.45, 7) is 3.75. The molecule has 6 heteroatoms. The van der Waals surface area contributed by atoms with Crippen molar-refractivity contribution in [1.82, 2.24) is 9.55 Å². The fraction of sp³-hybridized carbons (Fsp3) is 0.190. The van der Waals surface area contributed by atoms with Crippen LogP contribution in [-0.2, 0) is 4.74 Å². The van der Waals surface area contributed by atoms with Gasteiger partial charge in [-0.05, 0) is 43.2 Å². The molecule has 0 aliphatic heterocycles. The number of esters is 2. The molecule has 1 aromatic heterocycles. The average Bonchev–Trinajstić information content (AvgIpc) is 3.19. The van der Waals surface area contributed by atoms with Gasteiger partial charge in [-0.15, -0.1) is 0 Å². The lowest BCUT2D eigenvalue weighted by atomic mass is 10.1. The molecule has 0 spiro atoms. The van der Waals surface area contributed by atoms with Gasteiger partial charge >= 0.3 is 11.9 Å². The number of carbonyl (C=O) groups excluding carboxylic acids is 2. The van der Waals surface area contributed by atoms with Gasteiger partial charge in [0.2, 0.25) is 0 Å². The normalized spacial score (nSPS) is 11.7. The van der Waals surface area contributed by atoms with Crippen LogP contribution in [0.5, 0.6) is 5.75 Å². The number of carbonyl (C=O) groups is 2. The molecule has 2 aromatic carbocycles. The average molecular weight is 364 g/mol. The summed E-state index contributed by atoms with van der Waals surface area (Å²) in [6, 6.07) is 14.5. The van der Waals surface area contributed by atoms with Crippen molar-refractivity contribution in [2.45, 2.75) is 19.9 Å². The summed E-state index contributed by atoms with van der Waals surface area (Å²) in [4.78, 5) is 28.4. The molecule has 27 heavy (non-hydrogen) atoms. The molecule has 0 aliphatic rings. The summed E-state index contributed by atoms with van der Waals surface area (Å²) in [5.41, 5.74) is 2.47. The smallest absolute Gasteiger partial charge is 0.362 e. The summed E-state index contributed by atoms with van der Waals surface area (Å²) >= 11 is 0. The Hall–Kier alpha value is -3.41. The standard InChI is InChI=1S/C21H20N2O4/c1-14-11-17(20(24)26-3)9-10-19(14)27-21(25)18-12-22-13-23(18)15(2)16-7-5-4-6-8-16/h4-13,15H,1-3H3. The van der Waals surface area contributed by atoms with Crippen molar-refractivity contribution in [2.24, 2.45) is 0 Å². The van der Waals surface area contributed by atoms with Gasteiger partial charge in [-0.1, -0.05) is 30.3 Å². The van der Waals surface area contributed by atoms with Gasteiger partial charge < -0.3 is 14.0 Å². The van der Waals surface area contributed by atoms with Crippen molar-refractivity contribution < 1.29 is 19.1 Å². The van der Waals surface area contributed by atoms with Crippen LogP contribution in [0.25, 0.3) is 0 Å². The number of hydrogen-bond acceptors (Lipinski definition) is 5. The number of nitrogens with zero attached hydrogens (tertiary/aromatic N) is 2. The van der Waals surface area contributed by atoms with Crippen LogP contribution < -0.4 is 4.74 Å². The van der Waals surface area contributed by atoms with E-state index in [4.69, 9.17) is 9.47 Å². The van der Waals surface area contributed by atoms with Crippen molar-refractivity contribution in [3.8, 4) is 5.75 Å². The molecule has 0 amide bonds.